The largest absolute Gasteiger partial charge is 0.334 e. The molecule has 3 heterocycles. The molecular weight excluding hydrogens is 212 g/mol. The van der Waals surface area contributed by atoms with Crippen LogP contribution in [0.15, 0.2) is 12.5 Å². The van der Waals surface area contributed by atoms with Gasteiger partial charge >= 0.3 is 0 Å². The average Bonchev–Trinajstić information content (AvgIpc) is 3.03. The SMILES string of the molecule is CCn1cncc1CNC1CCN2CCCC12. The Morgan fingerprint density at radius 2 is 2.35 bits per heavy atom. The fourth-order valence-corrected chi connectivity index (χ4v) is 3.34. The van der Waals surface area contributed by atoms with Crippen LogP contribution in [0.3, 0.4) is 0 Å². The van der Waals surface area contributed by atoms with Gasteiger partial charge in [-0.25, -0.2) is 4.98 Å². The lowest BCUT2D eigenvalue weighted by atomic mass is 10.1. The minimum absolute atomic E-state index is 0.692. The molecule has 0 spiro atoms. The lowest BCUT2D eigenvalue weighted by Gasteiger charge is -2.21. The van der Waals surface area contributed by atoms with Gasteiger partial charge in [-0.05, 0) is 32.7 Å². The number of fused-ring (bicyclic) bond motifs is 1. The first kappa shape index (κ1) is 11.2. The van der Waals surface area contributed by atoms with Crippen molar-refractivity contribution in [3.63, 3.8) is 0 Å². The van der Waals surface area contributed by atoms with Gasteiger partial charge in [0, 0.05) is 37.9 Å². The zero-order valence-corrected chi connectivity index (χ0v) is 10.6. The Morgan fingerprint density at radius 1 is 1.41 bits per heavy atom. The molecule has 1 aromatic rings. The van der Waals surface area contributed by atoms with Crippen molar-refractivity contribution in [2.75, 3.05) is 13.1 Å². The van der Waals surface area contributed by atoms with E-state index in [-0.39, 0.29) is 0 Å². The number of rotatable bonds is 4. The van der Waals surface area contributed by atoms with E-state index < -0.39 is 0 Å². The summed E-state index contributed by atoms with van der Waals surface area (Å²) in [6.07, 6.45) is 7.98. The first-order valence-corrected chi connectivity index (χ1v) is 6.85. The molecule has 3 rings (SSSR count). The van der Waals surface area contributed by atoms with Crippen molar-refractivity contribution in [2.24, 2.45) is 0 Å². The zero-order valence-electron chi connectivity index (χ0n) is 10.6. The molecule has 2 aliphatic heterocycles. The lowest BCUT2D eigenvalue weighted by Crippen LogP contribution is -2.39. The fourth-order valence-electron chi connectivity index (χ4n) is 3.34. The molecule has 2 fully saturated rings. The van der Waals surface area contributed by atoms with E-state index in [0.29, 0.717) is 6.04 Å². The maximum Gasteiger partial charge on any atom is 0.0948 e. The van der Waals surface area contributed by atoms with Gasteiger partial charge in [0.25, 0.3) is 0 Å². The first-order valence-electron chi connectivity index (χ1n) is 6.85. The van der Waals surface area contributed by atoms with Gasteiger partial charge in [-0.2, -0.15) is 0 Å². The van der Waals surface area contributed by atoms with Gasteiger partial charge in [-0.1, -0.05) is 0 Å². The van der Waals surface area contributed by atoms with Crippen molar-refractivity contribution in [3.05, 3.63) is 18.2 Å². The maximum absolute atomic E-state index is 4.22. The highest BCUT2D eigenvalue weighted by molar-refractivity contribution is 5.01. The molecule has 0 bridgehead atoms. The number of nitrogens with zero attached hydrogens (tertiary/aromatic N) is 3. The van der Waals surface area contributed by atoms with Gasteiger partial charge in [0.2, 0.25) is 0 Å². The Bertz CT molecular complexity index is 373. The number of imidazole rings is 1. The summed E-state index contributed by atoms with van der Waals surface area (Å²) in [5.41, 5.74) is 1.31. The van der Waals surface area contributed by atoms with Crippen LogP contribution in [0.25, 0.3) is 0 Å². The Labute approximate surface area is 103 Å². The lowest BCUT2D eigenvalue weighted by molar-refractivity contribution is 0.298. The predicted molar refractivity (Wildman–Crippen MR) is 67.7 cm³/mol. The summed E-state index contributed by atoms with van der Waals surface area (Å²) in [5.74, 6) is 0. The third-order valence-corrected chi connectivity index (χ3v) is 4.29. The highest BCUT2D eigenvalue weighted by Gasteiger charge is 2.36. The molecule has 0 radical (unpaired) electrons. The Morgan fingerprint density at radius 3 is 3.24 bits per heavy atom. The van der Waals surface area contributed by atoms with Gasteiger partial charge < -0.3 is 9.88 Å². The van der Waals surface area contributed by atoms with E-state index in [1.165, 1.54) is 38.0 Å². The number of aromatic nitrogens is 2. The van der Waals surface area contributed by atoms with Crippen molar-refractivity contribution in [2.45, 2.75) is 51.4 Å². The molecule has 1 N–H and O–H groups in total. The second-order valence-electron chi connectivity index (χ2n) is 5.19. The minimum Gasteiger partial charge on any atom is -0.334 e. The summed E-state index contributed by atoms with van der Waals surface area (Å²) < 4.78 is 2.22. The van der Waals surface area contributed by atoms with Crippen molar-refractivity contribution >= 4 is 0 Å². The summed E-state index contributed by atoms with van der Waals surface area (Å²) in [4.78, 5) is 6.86. The van der Waals surface area contributed by atoms with Crippen molar-refractivity contribution < 1.29 is 0 Å². The molecule has 4 heteroatoms. The molecular formula is C13H22N4. The third-order valence-electron chi connectivity index (χ3n) is 4.29. The molecule has 94 valence electrons. The predicted octanol–water partition coefficient (Wildman–Crippen LogP) is 1.23. The Balaban J connectivity index is 1.57. The summed E-state index contributed by atoms with van der Waals surface area (Å²) in [6, 6.07) is 1.49. The molecule has 0 saturated carbocycles. The minimum atomic E-state index is 0.692. The quantitative estimate of drug-likeness (QED) is 0.850. The van der Waals surface area contributed by atoms with Gasteiger partial charge in [0.15, 0.2) is 0 Å². The van der Waals surface area contributed by atoms with E-state index in [1.54, 1.807) is 0 Å². The maximum atomic E-state index is 4.22. The summed E-state index contributed by atoms with van der Waals surface area (Å²) in [7, 11) is 0. The summed E-state index contributed by atoms with van der Waals surface area (Å²) in [6.45, 7) is 6.74. The van der Waals surface area contributed by atoms with Gasteiger partial charge in [-0.15, -0.1) is 0 Å². The van der Waals surface area contributed by atoms with Gasteiger partial charge in [0.1, 0.15) is 0 Å². The van der Waals surface area contributed by atoms with E-state index in [2.05, 4.69) is 26.7 Å². The van der Waals surface area contributed by atoms with Crippen molar-refractivity contribution in [3.8, 4) is 0 Å². The van der Waals surface area contributed by atoms with Gasteiger partial charge in [-0.3, -0.25) is 4.90 Å². The second-order valence-corrected chi connectivity index (χ2v) is 5.19. The normalized spacial score (nSPS) is 28.8. The van der Waals surface area contributed by atoms with Crippen LogP contribution in [0.4, 0.5) is 0 Å². The van der Waals surface area contributed by atoms with E-state index in [1.807, 2.05) is 12.5 Å². The summed E-state index contributed by atoms with van der Waals surface area (Å²) >= 11 is 0. The third kappa shape index (κ3) is 2.11. The number of aryl methyl sites for hydroxylation is 1. The molecule has 0 aromatic carbocycles. The average molecular weight is 234 g/mol. The monoisotopic (exact) mass is 234 g/mol. The van der Waals surface area contributed by atoms with Crippen LogP contribution >= 0.6 is 0 Å². The smallest absolute Gasteiger partial charge is 0.0948 e. The van der Waals surface area contributed by atoms with Crippen LogP contribution in [0.1, 0.15) is 31.9 Å². The first-order chi connectivity index (χ1) is 8.38. The van der Waals surface area contributed by atoms with Crippen molar-refractivity contribution in [1.82, 2.24) is 19.8 Å². The van der Waals surface area contributed by atoms with E-state index in [9.17, 15) is 0 Å². The summed E-state index contributed by atoms with van der Waals surface area (Å²) in [5, 5.41) is 3.73. The molecule has 2 saturated heterocycles. The molecule has 4 nitrogen and oxygen atoms in total. The van der Waals surface area contributed by atoms with Crippen LogP contribution in [0.2, 0.25) is 0 Å². The molecule has 2 atom stereocenters. The molecule has 17 heavy (non-hydrogen) atoms. The number of hydrogen-bond acceptors (Lipinski definition) is 3. The van der Waals surface area contributed by atoms with Crippen LogP contribution < -0.4 is 5.32 Å². The zero-order chi connectivity index (χ0) is 11.7. The highest BCUT2D eigenvalue weighted by atomic mass is 15.2. The second kappa shape index (κ2) is 4.78. The standard InChI is InChI=1S/C13H22N4/c1-2-16-10-14-8-11(16)9-15-12-5-7-17-6-3-4-13(12)17/h8,10,12-13,15H,2-7,9H2,1H3. The van der Waals surface area contributed by atoms with E-state index in [4.69, 9.17) is 0 Å². The topological polar surface area (TPSA) is 33.1 Å². The molecule has 0 aliphatic carbocycles. The number of hydrogen-bond donors (Lipinski definition) is 1. The molecule has 1 aromatic heterocycles. The Hall–Kier alpha value is -0.870. The van der Waals surface area contributed by atoms with Crippen LogP contribution in [0, 0.1) is 0 Å². The number of nitrogens with one attached hydrogen (secondary N) is 1. The van der Waals surface area contributed by atoms with Crippen LogP contribution in [0.5, 0.6) is 0 Å². The molecule has 0 amide bonds. The van der Waals surface area contributed by atoms with Crippen molar-refractivity contribution in [1.29, 1.82) is 0 Å². The Kier molecular flexibility index (Phi) is 3.16. The van der Waals surface area contributed by atoms with Gasteiger partial charge in [0.05, 0.1) is 12.0 Å². The van der Waals surface area contributed by atoms with E-state index >= 15 is 0 Å². The van der Waals surface area contributed by atoms with Crippen LogP contribution in [-0.4, -0.2) is 39.6 Å². The highest BCUT2D eigenvalue weighted by Crippen LogP contribution is 2.27. The van der Waals surface area contributed by atoms with Crippen LogP contribution in [-0.2, 0) is 13.1 Å². The fraction of sp³-hybridized carbons (Fsp3) is 0.769. The molecule has 2 unspecified atom stereocenters. The molecule has 2 aliphatic rings. The van der Waals surface area contributed by atoms with E-state index in [0.717, 1.165) is 19.1 Å².